The SMILES string of the molecule is C=C.C=O.CC(C)n1cc(-c2ccc(F)cc2)c2ccccc21. The van der Waals surface area contributed by atoms with Crippen molar-refractivity contribution in [3.8, 4) is 11.1 Å². The maximum absolute atomic E-state index is 13.0. The molecule has 0 aliphatic rings. The molecule has 120 valence electrons. The fourth-order valence-corrected chi connectivity index (χ4v) is 2.49. The minimum atomic E-state index is -0.198. The summed E-state index contributed by atoms with van der Waals surface area (Å²) < 4.78 is 15.3. The molecule has 0 saturated carbocycles. The molecule has 3 aromatic rings. The Morgan fingerprint density at radius 3 is 2.09 bits per heavy atom. The van der Waals surface area contributed by atoms with Crippen LogP contribution in [0.1, 0.15) is 19.9 Å². The zero-order valence-corrected chi connectivity index (χ0v) is 13.6. The van der Waals surface area contributed by atoms with Crippen LogP contribution in [0.4, 0.5) is 4.39 Å². The van der Waals surface area contributed by atoms with Crippen molar-refractivity contribution < 1.29 is 9.18 Å². The number of aromatic nitrogens is 1. The standard InChI is InChI=1S/C17H16FN.C2H4.CH2O/c1-12(2)19-11-16(13-7-9-14(18)10-8-13)15-5-3-4-6-17(15)19;2*1-2/h3-12H,1-2H3;1-2H2;1H2. The molecule has 2 nitrogen and oxygen atoms in total. The van der Waals surface area contributed by atoms with Crippen molar-refractivity contribution in [2.75, 3.05) is 0 Å². The molecule has 0 atom stereocenters. The number of carbonyl (C=O) groups excluding carboxylic acids is 1. The average Bonchev–Trinajstić information content (AvgIpc) is 2.99. The van der Waals surface area contributed by atoms with Crippen LogP contribution in [-0.4, -0.2) is 11.4 Å². The monoisotopic (exact) mass is 311 g/mol. The van der Waals surface area contributed by atoms with Gasteiger partial charge in [0.15, 0.2) is 0 Å². The van der Waals surface area contributed by atoms with Crippen molar-refractivity contribution >= 4 is 17.7 Å². The molecule has 23 heavy (non-hydrogen) atoms. The maximum Gasteiger partial charge on any atom is 0.123 e. The quantitative estimate of drug-likeness (QED) is 0.561. The van der Waals surface area contributed by atoms with Crippen LogP contribution in [0.25, 0.3) is 22.0 Å². The highest BCUT2D eigenvalue weighted by atomic mass is 19.1. The average molecular weight is 311 g/mol. The molecule has 0 bridgehead atoms. The molecule has 0 spiro atoms. The molecule has 1 heterocycles. The van der Waals surface area contributed by atoms with Crippen molar-refractivity contribution in [2.45, 2.75) is 19.9 Å². The third-order valence-corrected chi connectivity index (χ3v) is 3.45. The number of para-hydroxylation sites is 1. The molecule has 0 unspecified atom stereocenters. The molecule has 2 aromatic carbocycles. The van der Waals surface area contributed by atoms with Crippen molar-refractivity contribution in [3.05, 3.63) is 73.7 Å². The Morgan fingerprint density at radius 2 is 1.52 bits per heavy atom. The Bertz CT molecular complexity index is 742. The summed E-state index contributed by atoms with van der Waals surface area (Å²) in [5.74, 6) is -0.198. The zero-order chi connectivity index (χ0) is 17.4. The largest absolute Gasteiger partial charge is 0.344 e. The maximum atomic E-state index is 13.0. The lowest BCUT2D eigenvalue weighted by Crippen LogP contribution is -1.97. The van der Waals surface area contributed by atoms with Crippen LogP contribution in [0.3, 0.4) is 0 Å². The highest BCUT2D eigenvalue weighted by Crippen LogP contribution is 2.32. The van der Waals surface area contributed by atoms with Gasteiger partial charge in [-0.05, 0) is 37.6 Å². The molecule has 0 aliphatic carbocycles. The fourth-order valence-electron chi connectivity index (χ4n) is 2.49. The first-order chi connectivity index (χ1) is 11.2. The van der Waals surface area contributed by atoms with Gasteiger partial charge in [-0.2, -0.15) is 0 Å². The summed E-state index contributed by atoms with van der Waals surface area (Å²) in [6.07, 6.45) is 2.16. The van der Waals surface area contributed by atoms with Gasteiger partial charge in [-0.3, -0.25) is 0 Å². The van der Waals surface area contributed by atoms with E-state index in [0.29, 0.717) is 6.04 Å². The second-order valence-corrected chi connectivity index (χ2v) is 5.07. The van der Waals surface area contributed by atoms with E-state index >= 15 is 0 Å². The molecule has 1 aromatic heterocycles. The molecule has 0 saturated heterocycles. The topological polar surface area (TPSA) is 22.0 Å². The van der Waals surface area contributed by atoms with Crippen molar-refractivity contribution in [2.24, 2.45) is 0 Å². The first-order valence-electron chi connectivity index (χ1n) is 7.31. The summed E-state index contributed by atoms with van der Waals surface area (Å²) in [7, 11) is 0. The smallest absolute Gasteiger partial charge is 0.123 e. The van der Waals surface area contributed by atoms with Crippen LogP contribution < -0.4 is 0 Å². The first kappa shape index (κ1) is 18.4. The van der Waals surface area contributed by atoms with Gasteiger partial charge >= 0.3 is 0 Å². The molecule has 0 aliphatic heterocycles. The normalized spacial score (nSPS) is 9.74. The van der Waals surface area contributed by atoms with Crippen molar-refractivity contribution in [1.82, 2.24) is 4.57 Å². The van der Waals surface area contributed by atoms with Gasteiger partial charge in [-0.15, -0.1) is 13.2 Å². The minimum Gasteiger partial charge on any atom is -0.344 e. The number of halogens is 1. The lowest BCUT2D eigenvalue weighted by molar-refractivity contribution is -0.0979. The van der Waals surface area contributed by atoms with Gasteiger partial charge in [-0.1, -0.05) is 30.3 Å². The van der Waals surface area contributed by atoms with E-state index < -0.39 is 0 Å². The second kappa shape index (κ2) is 8.69. The van der Waals surface area contributed by atoms with Crippen LogP contribution in [0, 0.1) is 5.82 Å². The molecular weight excluding hydrogens is 289 g/mol. The van der Waals surface area contributed by atoms with E-state index in [1.165, 1.54) is 23.0 Å². The summed E-state index contributed by atoms with van der Waals surface area (Å²) in [5.41, 5.74) is 3.43. The van der Waals surface area contributed by atoms with E-state index in [2.05, 4.69) is 56.0 Å². The van der Waals surface area contributed by atoms with Crippen LogP contribution >= 0.6 is 0 Å². The van der Waals surface area contributed by atoms with E-state index in [1.54, 1.807) is 0 Å². The number of hydrogen-bond donors (Lipinski definition) is 0. The van der Waals surface area contributed by atoms with E-state index in [9.17, 15) is 4.39 Å². The highest BCUT2D eigenvalue weighted by molar-refractivity contribution is 5.96. The van der Waals surface area contributed by atoms with Gasteiger partial charge in [0.05, 0.1) is 0 Å². The van der Waals surface area contributed by atoms with Crippen molar-refractivity contribution in [1.29, 1.82) is 0 Å². The molecular formula is C20H22FNO. The third-order valence-electron chi connectivity index (χ3n) is 3.45. The number of benzene rings is 2. The summed E-state index contributed by atoms with van der Waals surface area (Å²) >= 11 is 0. The summed E-state index contributed by atoms with van der Waals surface area (Å²) in [5, 5.41) is 1.21. The Labute approximate surface area is 136 Å². The van der Waals surface area contributed by atoms with Crippen LogP contribution in [0.5, 0.6) is 0 Å². The van der Waals surface area contributed by atoms with E-state index in [4.69, 9.17) is 4.79 Å². The van der Waals surface area contributed by atoms with Crippen LogP contribution in [0.2, 0.25) is 0 Å². The van der Waals surface area contributed by atoms with Gasteiger partial charge in [0, 0.05) is 28.7 Å². The predicted molar refractivity (Wildman–Crippen MR) is 96.1 cm³/mol. The van der Waals surface area contributed by atoms with Crippen molar-refractivity contribution in [3.63, 3.8) is 0 Å². The third kappa shape index (κ3) is 3.95. The number of rotatable bonds is 2. The Morgan fingerprint density at radius 1 is 0.957 bits per heavy atom. The number of carbonyl (C=O) groups is 1. The number of hydrogen-bond acceptors (Lipinski definition) is 1. The molecule has 0 radical (unpaired) electrons. The second-order valence-electron chi connectivity index (χ2n) is 5.07. The Kier molecular flexibility index (Phi) is 6.94. The van der Waals surface area contributed by atoms with E-state index in [0.717, 1.165) is 11.1 Å². The number of nitrogens with zero attached hydrogens (tertiary/aromatic N) is 1. The lowest BCUT2D eigenvalue weighted by Gasteiger charge is -2.08. The molecule has 0 N–H and O–H groups in total. The highest BCUT2D eigenvalue weighted by Gasteiger charge is 2.11. The van der Waals surface area contributed by atoms with Gasteiger partial charge in [0.25, 0.3) is 0 Å². The first-order valence-corrected chi connectivity index (χ1v) is 7.31. The van der Waals surface area contributed by atoms with Gasteiger partial charge in [0.1, 0.15) is 12.6 Å². The van der Waals surface area contributed by atoms with Crippen LogP contribution in [-0.2, 0) is 4.79 Å². The molecule has 0 fully saturated rings. The lowest BCUT2D eigenvalue weighted by atomic mass is 10.1. The summed E-state index contributed by atoms with van der Waals surface area (Å²) in [4.78, 5) is 8.00. The van der Waals surface area contributed by atoms with E-state index in [1.807, 2.05) is 25.0 Å². The minimum absolute atomic E-state index is 0.198. The van der Waals surface area contributed by atoms with Gasteiger partial charge in [0.2, 0.25) is 0 Å². The zero-order valence-electron chi connectivity index (χ0n) is 13.6. The molecule has 3 rings (SSSR count). The number of fused-ring (bicyclic) bond motifs is 1. The fraction of sp³-hybridized carbons (Fsp3) is 0.150. The van der Waals surface area contributed by atoms with Crippen LogP contribution in [0.15, 0.2) is 67.9 Å². The van der Waals surface area contributed by atoms with E-state index in [-0.39, 0.29) is 5.82 Å². The Hall–Kier alpha value is -2.68. The predicted octanol–water partition coefficient (Wildman–Crippen LogP) is 5.65. The Balaban J connectivity index is 0.000000615. The summed E-state index contributed by atoms with van der Waals surface area (Å²) in [6, 6.07) is 15.4. The van der Waals surface area contributed by atoms with Gasteiger partial charge in [-0.25, -0.2) is 4.39 Å². The molecule has 0 amide bonds. The molecule has 3 heteroatoms. The summed E-state index contributed by atoms with van der Waals surface area (Å²) in [6.45, 7) is 12.3. The van der Waals surface area contributed by atoms with Gasteiger partial charge < -0.3 is 9.36 Å².